The van der Waals surface area contributed by atoms with E-state index in [0.29, 0.717) is 22.6 Å². The molecule has 4 rings (SSSR count). The van der Waals surface area contributed by atoms with Gasteiger partial charge in [0.25, 0.3) is 5.91 Å². The van der Waals surface area contributed by atoms with Crippen LogP contribution in [0.4, 0.5) is 5.69 Å². The van der Waals surface area contributed by atoms with Crippen LogP contribution in [0.3, 0.4) is 0 Å². The molecule has 0 radical (unpaired) electrons. The number of benzene rings is 1. The van der Waals surface area contributed by atoms with E-state index in [1.807, 2.05) is 46.3 Å². The number of fused-ring (bicyclic) bond motifs is 2. The van der Waals surface area contributed by atoms with Gasteiger partial charge in [-0.2, -0.15) is 10.2 Å². The fraction of sp³-hybridized carbons (Fsp3) is 0.263. The van der Waals surface area contributed by atoms with E-state index in [0.717, 1.165) is 16.5 Å². The molecule has 0 bridgehead atoms. The summed E-state index contributed by atoms with van der Waals surface area (Å²) in [5.74, 6) is 0.243. The first-order valence-corrected chi connectivity index (χ1v) is 8.68. The van der Waals surface area contributed by atoms with Crippen LogP contribution in [0.15, 0.2) is 36.9 Å². The molecule has 1 N–H and O–H groups in total. The minimum atomic E-state index is -0.298. The van der Waals surface area contributed by atoms with Crippen molar-refractivity contribution in [2.24, 2.45) is 7.05 Å². The number of amides is 1. The van der Waals surface area contributed by atoms with Crippen LogP contribution in [0.1, 0.15) is 29.8 Å². The molecule has 140 valence electrons. The number of rotatable bonds is 3. The van der Waals surface area contributed by atoms with Gasteiger partial charge in [0.2, 0.25) is 0 Å². The number of methoxy groups -OCH3 is 1. The van der Waals surface area contributed by atoms with Crippen molar-refractivity contribution < 1.29 is 9.53 Å². The van der Waals surface area contributed by atoms with Gasteiger partial charge < -0.3 is 10.1 Å². The molecular weight excluding hydrogens is 344 g/mol. The molecule has 0 unspecified atom stereocenters. The summed E-state index contributed by atoms with van der Waals surface area (Å²) in [7, 11) is 3.40. The lowest BCUT2D eigenvalue weighted by Gasteiger charge is -2.09. The molecule has 1 amide bonds. The van der Waals surface area contributed by atoms with E-state index in [4.69, 9.17) is 4.74 Å². The summed E-state index contributed by atoms with van der Waals surface area (Å²) >= 11 is 0. The summed E-state index contributed by atoms with van der Waals surface area (Å²) < 4.78 is 8.69. The summed E-state index contributed by atoms with van der Waals surface area (Å²) in [4.78, 5) is 17.0. The van der Waals surface area contributed by atoms with Gasteiger partial charge in [0.05, 0.1) is 24.5 Å². The molecule has 0 atom stereocenters. The molecular formula is C19H22N6O2. The molecule has 0 fully saturated rings. The third-order valence-corrected chi connectivity index (χ3v) is 3.92. The number of carbonyl (C=O) groups excluding carboxylic acids is 1. The molecule has 8 nitrogen and oxygen atoms in total. The molecule has 1 aromatic carbocycles. The van der Waals surface area contributed by atoms with Crippen molar-refractivity contribution in [2.45, 2.75) is 20.8 Å². The zero-order chi connectivity index (χ0) is 19.6. The van der Waals surface area contributed by atoms with E-state index in [2.05, 4.69) is 20.5 Å². The number of aromatic nitrogens is 5. The first kappa shape index (κ1) is 18.4. The van der Waals surface area contributed by atoms with Crippen LogP contribution < -0.4 is 10.1 Å². The largest absolute Gasteiger partial charge is 0.494 e. The number of anilines is 1. The molecule has 0 aliphatic rings. The van der Waals surface area contributed by atoms with Gasteiger partial charge in [0, 0.05) is 37.1 Å². The van der Waals surface area contributed by atoms with Gasteiger partial charge in [0.15, 0.2) is 5.65 Å². The van der Waals surface area contributed by atoms with Crippen molar-refractivity contribution in [1.82, 2.24) is 24.4 Å². The minimum absolute atomic E-state index is 0.298. The maximum Gasteiger partial charge on any atom is 0.261 e. The van der Waals surface area contributed by atoms with Gasteiger partial charge in [-0.15, -0.1) is 0 Å². The van der Waals surface area contributed by atoms with Crippen LogP contribution in [0.25, 0.3) is 16.6 Å². The Morgan fingerprint density at radius 3 is 2.70 bits per heavy atom. The molecule has 0 spiro atoms. The Morgan fingerprint density at radius 2 is 1.96 bits per heavy atom. The monoisotopic (exact) mass is 366 g/mol. The minimum Gasteiger partial charge on any atom is -0.494 e. The highest BCUT2D eigenvalue weighted by Gasteiger charge is 2.17. The van der Waals surface area contributed by atoms with Gasteiger partial charge in [-0.1, -0.05) is 13.8 Å². The van der Waals surface area contributed by atoms with Crippen molar-refractivity contribution in [1.29, 1.82) is 0 Å². The van der Waals surface area contributed by atoms with Gasteiger partial charge >= 0.3 is 0 Å². The fourth-order valence-corrected chi connectivity index (χ4v) is 2.76. The standard InChI is InChI=1S/C17H16N6O2.C2H6/c1-10-6-18-16-12(7-19-23(16)8-10)17(24)20-14-4-11-9-22(2)21-13(11)5-15(14)25-3;1-2/h4-9H,1-3H3,(H,20,24);1-2H3. The zero-order valence-electron chi connectivity index (χ0n) is 16.0. The number of ether oxygens (including phenoxy) is 1. The molecule has 4 aromatic rings. The predicted octanol–water partition coefficient (Wildman–Crippen LogP) is 3.21. The van der Waals surface area contributed by atoms with E-state index in [-0.39, 0.29) is 5.91 Å². The van der Waals surface area contributed by atoms with Crippen LogP contribution in [-0.4, -0.2) is 37.4 Å². The van der Waals surface area contributed by atoms with Crippen molar-refractivity contribution in [3.63, 3.8) is 0 Å². The Bertz CT molecular complexity index is 1110. The SMILES string of the molecule is CC.COc1cc2nn(C)cc2cc1NC(=O)c1cnn2cc(C)cnc12. The highest BCUT2D eigenvalue weighted by Crippen LogP contribution is 2.30. The van der Waals surface area contributed by atoms with E-state index in [9.17, 15) is 4.79 Å². The average molecular weight is 366 g/mol. The predicted molar refractivity (Wildman–Crippen MR) is 104 cm³/mol. The first-order valence-electron chi connectivity index (χ1n) is 8.68. The number of carbonyl (C=O) groups is 1. The number of nitrogens with one attached hydrogen (secondary N) is 1. The normalized spacial score (nSPS) is 10.6. The molecule has 3 heterocycles. The van der Waals surface area contributed by atoms with Crippen molar-refractivity contribution in [2.75, 3.05) is 12.4 Å². The van der Waals surface area contributed by atoms with Crippen LogP contribution in [0, 0.1) is 6.92 Å². The smallest absolute Gasteiger partial charge is 0.261 e. The maximum atomic E-state index is 12.7. The quantitative estimate of drug-likeness (QED) is 0.602. The summed E-state index contributed by atoms with van der Waals surface area (Å²) in [6.07, 6.45) is 6.91. The summed E-state index contributed by atoms with van der Waals surface area (Å²) in [5.41, 5.74) is 3.23. The van der Waals surface area contributed by atoms with Crippen molar-refractivity contribution in [3.8, 4) is 5.75 Å². The molecule has 3 aromatic heterocycles. The van der Waals surface area contributed by atoms with E-state index in [1.165, 1.54) is 6.20 Å². The molecule has 8 heteroatoms. The van der Waals surface area contributed by atoms with Gasteiger partial charge in [-0.05, 0) is 18.6 Å². The molecule has 0 saturated heterocycles. The second-order valence-corrected chi connectivity index (χ2v) is 5.83. The average Bonchev–Trinajstić information content (AvgIpc) is 3.24. The Kier molecular flexibility index (Phi) is 5.07. The van der Waals surface area contributed by atoms with E-state index < -0.39 is 0 Å². The lowest BCUT2D eigenvalue weighted by atomic mass is 10.2. The summed E-state index contributed by atoms with van der Waals surface area (Å²) in [5, 5.41) is 12.3. The third-order valence-electron chi connectivity index (χ3n) is 3.92. The number of nitrogens with zero attached hydrogens (tertiary/aromatic N) is 5. The van der Waals surface area contributed by atoms with Crippen molar-refractivity contribution >= 4 is 28.1 Å². The number of hydrogen-bond donors (Lipinski definition) is 1. The Balaban J connectivity index is 0.00000102. The zero-order valence-corrected chi connectivity index (χ0v) is 16.0. The lowest BCUT2D eigenvalue weighted by molar-refractivity contribution is 0.102. The van der Waals surface area contributed by atoms with E-state index >= 15 is 0 Å². The Morgan fingerprint density at radius 1 is 1.19 bits per heavy atom. The van der Waals surface area contributed by atoms with Gasteiger partial charge in [-0.25, -0.2) is 9.50 Å². The topological polar surface area (TPSA) is 86.3 Å². The molecule has 0 saturated carbocycles. The Hall–Kier alpha value is -3.42. The van der Waals surface area contributed by atoms with Crippen molar-refractivity contribution in [3.05, 3.63) is 48.0 Å². The maximum absolute atomic E-state index is 12.7. The number of aryl methyl sites for hydroxylation is 2. The van der Waals surface area contributed by atoms with Gasteiger partial charge in [-0.3, -0.25) is 9.48 Å². The highest BCUT2D eigenvalue weighted by atomic mass is 16.5. The van der Waals surface area contributed by atoms with Crippen LogP contribution in [-0.2, 0) is 7.05 Å². The first-order chi connectivity index (χ1) is 13.0. The number of hydrogen-bond acceptors (Lipinski definition) is 5. The van der Waals surface area contributed by atoms with Crippen LogP contribution in [0.2, 0.25) is 0 Å². The van der Waals surface area contributed by atoms with E-state index in [1.54, 1.807) is 28.6 Å². The second-order valence-electron chi connectivity index (χ2n) is 5.83. The van der Waals surface area contributed by atoms with Crippen LogP contribution in [0.5, 0.6) is 5.75 Å². The molecule has 27 heavy (non-hydrogen) atoms. The third kappa shape index (κ3) is 3.46. The molecule has 0 aliphatic heterocycles. The fourth-order valence-electron chi connectivity index (χ4n) is 2.76. The molecule has 0 aliphatic carbocycles. The second kappa shape index (κ2) is 7.45. The van der Waals surface area contributed by atoms with Gasteiger partial charge in [0.1, 0.15) is 11.3 Å². The summed E-state index contributed by atoms with van der Waals surface area (Å²) in [6, 6.07) is 3.63. The lowest BCUT2D eigenvalue weighted by Crippen LogP contribution is -2.13. The van der Waals surface area contributed by atoms with Crippen LogP contribution >= 0.6 is 0 Å². The summed E-state index contributed by atoms with van der Waals surface area (Å²) in [6.45, 7) is 5.92. The Labute approximate surface area is 156 Å². The highest BCUT2D eigenvalue weighted by molar-refractivity contribution is 6.09.